The lowest BCUT2D eigenvalue weighted by Gasteiger charge is -2.16. The summed E-state index contributed by atoms with van der Waals surface area (Å²) in [5.41, 5.74) is 1.60. The van der Waals surface area contributed by atoms with Gasteiger partial charge in [0.2, 0.25) is 0 Å². The van der Waals surface area contributed by atoms with Crippen molar-refractivity contribution in [3.63, 3.8) is 0 Å². The number of hydrogen-bond donors (Lipinski definition) is 1. The molecule has 2 aromatic carbocycles. The number of benzene rings is 2. The monoisotopic (exact) mass is 395 g/mol. The van der Waals surface area contributed by atoms with Gasteiger partial charge in [0.25, 0.3) is 0 Å². The van der Waals surface area contributed by atoms with E-state index in [-0.39, 0.29) is 12.4 Å². The van der Waals surface area contributed by atoms with E-state index < -0.39 is 0 Å². The standard InChI is InChI=1S/C19H23BrFNO2/c1-4-13(2)22-11-14-9-16(20)19(18(10-14)23-3)24-12-15-7-5-6-8-17(15)21/h5-10,13,22H,4,11-12H2,1-3H3. The van der Waals surface area contributed by atoms with Crippen LogP contribution in [0.3, 0.4) is 0 Å². The summed E-state index contributed by atoms with van der Waals surface area (Å²) < 4.78 is 25.7. The zero-order chi connectivity index (χ0) is 17.5. The van der Waals surface area contributed by atoms with Gasteiger partial charge in [0.05, 0.1) is 11.6 Å². The van der Waals surface area contributed by atoms with Crippen molar-refractivity contribution in [2.24, 2.45) is 0 Å². The third-order valence-electron chi connectivity index (χ3n) is 3.89. The minimum atomic E-state index is -0.276. The Bertz CT molecular complexity index is 678. The molecule has 0 saturated carbocycles. The highest BCUT2D eigenvalue weighted by atomic mass is 79.9. The summed E-state index contributed by atoms with van der Waals surface area (Å²) >= 11 is 3.53. The van der Waals surface area contributed by atoms with E-state index in [1.165, 1.54) is 6.07 Å². The minimum absolute atomic E-state index is 0.145. The molecule has 0 fully saturated rings. The van der Waals surface area contributed by atoms with Crippen LogP contribution in [0.5, 0.6) is 11.5 Å². The van der Waals surface area contributed by atoms with Gasteiger partial charge in [-0.3, -0.25) is 0 Å². The quantitative estimate of drug-likeness (QED) is 0.676. The molecule has 0 aliphatic carbocycles. The largest absolute Gasteiger partial charge is 0.493 e. The third kappa shape index (κ3) is 4.95. The summed E-state index contributed by atoms with van der Waals surface area (Å²) in [7, 11) is 1.60. The molecule has 0 saturated heterocycles. The highest BCUT2D eigenvalue weighted by Gasteiger charge is 2.13. The third-order valence-corrected chi connectivity index (χ3v) is 4.48. The second-order valence-corrected chi connectivity index (χ2v) is 6.53. The van der Waals surface area contributed by atoms with Crippen molar-refractivity contribution in [3.05, 3.63) is 57.8 Å². The Morgan fingerprint density at radius 3 is 2.67 bits per heavy atom. The van der Waals surface area contributed by atoms with Crippen LogP contribution in [0.15, 0.2) is 40.9 Å². The molecule has 2 aromatic rings. The van der Waals surface area contributed by atoms with Gasteiger partial charge in [-0.2, -0.15) is 0 Å². The van der Waals surface area contributed by atoms with Crippen LogP contribution in [0.1, 0.15) is 31.4 Å². The van der Waals surface area contributed by atoms with E-state index in [1.807, 2.05) is 12.1 Å². The Kier molecular flexibility index (Phi) is 7.06. The Hall–Kier alpha value is -1.59. The molecular weight excluding hydrogens is 373 g/mol. The van der Waals surface area contributed by atoms with Gasteiger partial charge in [-0.25, -0.2) is 4.39 Å². The fourth-order valence-electron chi connectivity index (χ4n) is 2.22. The van der Waals surface area contributed by atoms with Crippen LogP contribution in [0.2, 0.25) is 0 Å². The summed E-state index contributed by atoms with van der Waals surface area (Å²) in [4.78, 5) is 0. The van der Waals surface area contributed by atoms with Crippen molar-refractivity contribution in [1.29, 1.82) is 0 Å². The second-order valence-electron chi connectivity index (χ2n) is 5.68. The van der Waals surface area contributed by atoms with E-state index in [9.17, 15) is 4.39 Å². The summed E-state index contributed by atoms with van der Waals surface area (Å²) in [6.07, 6.45) is 1.07. The first-order valence-electron chi connectivity index (χ1n) is 8.01. The predicted molar refractivity (Wildman–Crippen MR) is 98.0 cm³/mol. The number of ether oxygens (including phenoxy) is 2. The average Bonchev–Trinajstić information content (AvgIpc) is 2.59. The SMILES string of the molecule is CCC(C)NCc1cc(Br)c(OCc2ccccc2F)c(OC)c1. The van der Waals surface area contributed by atoms with Gasteiger partial charge in [0.1, 0.15) is 12.4 Å². The molecule has 3 nitrogen and oxygen atoms in total. The molecule has 5 heteroatoms. The fourth-order valence-corrected chi connectivity index (χ4v) is 2.82. The summed E-state index contributed by atoms with van der Waals surface area (Å²) in [5, 5.41) is 3.45. The molecule has 1 N–H and O–H groups in total. The zero-order valence-electron chi connectivity index (χ0n) is 14.2. The molecule has 0 amide bonds. The summed E-state index contributed by atoms with van der Waals surface area (Å²) in [6.45, 7) is 5.19. The molecule has 0 spiro atoms. The lowest BCUT2D eigenvalue weighted by molar-refractivity contribution is 0.277. The molecule has 1 atom stereocenters. The van der Waals surface area contributed by atoms with Crippen molar-refractivity contribution >= 4 is 15.9 Å². The summed E-state index contributed by atoms with van der Waals surface area (Å²) in [5.74, 6) is 0.927. The van der Waals surface area contributed by atoms with E-state index in [0.717, 1.165) is 23.0 Å². The first-order chi connectivity index (χ1) is 11.5. The lowest BCUT2D eigenvalue weighted by atomic mass is 10.1. The molecule has 0 aromatic heterocycles. The molecule has 0 aliphatic rings. The molecule has 1 unspecified atom stereocenters. The molecular formula is C19H23BrFNO2. The molecule has 0 heterocycles. The van der Waals surface area contributed by atoms with E-state index in [2.05, 4.69) is 35.1 Å². The van der Waals surface area contributed by atoms with Gasteiger partial charge in [0, 0.05) is 18.2 Å². The highest BCUT2D eigenvalue weighted by Crippen LogP contribution is 2.37. The zero-order valence-corrected chi connectivity index (χ0v) is 15.8. The van der Waals surface area contributed by atoms with Crippen LogP contribution in [-0.2, 0) is 13.2 Å². The second kappa shape index (κ2) is 9.04. The Labute approximate surface area is 151 Å². The highest BCUT2D eigenvalue weighted by molar-refractivity contribution is 9.10. The van der Waals surface area contributed by atoms with Gasteiger partial charge in [0.15, 0.2) is 11.5 Å². The van der Waals surface area contributed by atoms with E-state index in [0.29, 0.717) is 23.1 Å². The van der Waals surface area contributed by atoms with Crippen LogP contribution >= 0.6 is 15.9 Å². The Balaban J connectivity index is 2.13. The van der Waals surface area contributed by atoms with Crippen molar-refractivity contribution < 1.29 is 13.9 Å². The van der Waals surface area contributed by atoms with Crippen LogP contribution in [-0.4, -0.2) is 13.2 Å². The maximum Gasteiger partial charge on any atom is 0.175 e. The molecule has 130 valence electrons. The number of halogens is 2. The predicted octanol–water partition coefficient (Wildman–Crippen LogP) is 5.06. The van der Waals surface area contributed by atoms with Gasteiger partial charge in [-0.05, 0) is 53.0 Å². The average molecular weight is 396 g/mol. The molecule has 24 heavy (non-hydrogen) atoms. The van der Waals surface area contributed by atoms with Crippen LogP contribution in [0.4, 0.5) is 4.39 Å². The number of rotatable bonds is 8. The number of methoxy groups -OCH3 is 1. The van der Waals surface area contributed by atoms with E-state index >= 15 is 0 Å². The smallest absolute Gasteiger partial charge is 0.175 e. The van der Waals surface area contributed by atoms with Gasteiger partial charge < -0.3 is 14.8 Å². The topological polar surface area (TPSA) is 30.5 Å². The van der Waals surface area contributed by atoms with E-state index in [1.54, 1.807) is 25.3 Å². The van der Waals surface area contributed by atoms with Crippen LogP contribution < -0.4 is 14.8 Å². The van der Waals surface area contributed by atoms with Gasteiger partial charge >= 0.3 is 0 Å². The van der Waals surface area contributed by atoms with Gasteiger partial charge in [-0.1, -0.05) is 25.1 Å². The van der Waals surface area contributed by atoms with Gasteiger partial charge in [-0.15, -0.1) is 0 Å². The number of nitrogens with one attached hydrogen (secondary N) is 1. The minimum Gasteiger partial charge on any atom is -0.493 e. The normalized spacial score (nSPS) is 12.0. The maximum absolute atomic E-state index is 13.7. The molecule has 0 radical (unpaired) electrons. The summed E-state index contributed by atoms with van der Waals surface area (Å²) in [6, 6.07) is 11.0. The number of hydrogen-bond acceptors (Lipinski definition) is 3. The molecule has 2 rings (SSSR count). The fraction of sp³-hybridized carbons (Fsp3) is 0.368. The maximum atomic E-state index is 13.7. The van der Waals surface area contributed by atoms with Crippen LogP contribution in [0.25, 0.3) is 0 Å². The molecule has 0 bridgehead atoms. The molecule has 0 aliphatic heterocycles. The Morgan fingerprint density at radius 1 is 1.25 bits per heavy atom. The van der Waals surface area contributed by atoms with Crippen molar-refractivity contribution in [3.8, 4) is 11.5 Å². The van der Waals surface area contributed by atoms with Crippen LogP contribution in [0, 0.1) is 5.82 Å². The van der Waals surface area contributed by atoms with Crippen molar-refractivity contribution in [1.82, 2.24) is 5.32 Å². The van der Waals surface area contributed by atoms with E-state index in [4.69, 9.17) is 9.47 Å². The first-order valence-corrected chi connectivity index (χ1v) is 8.80. The van der Waals surface area contributed by atoms with Crippen molar-refractivity contribution in [2.75, 3.05) is 7.11 Å². The first kappa shape index (κ1) is 18.7. The van der Waals surface area contributed by atoms with Crippen molar-refractivity contribution in [2.45, 2.75) is 39.5 Å². The Morgan fingerprint density at radius 2 is 2.00 bits per heavy atom. The lowest BCUT2D eigenvalue weighted by Crippen LogP contribution is -2.24.